The molecule has 0 aliphatic carbocycles. The molecule has 0 aromatic carbocycles. The molecule has 0 amide bonds. The first-order valence-electron chi connectivity index (χ1n) is 6.33. The van der Waals surface area contributed by atoms with E-state index < -0.39 is 0 Å². The minimum Gasteiger partial charge on any atom is -0.330 e. The van der Waals surface area contributed by atoms with Crippen LogP contribution in [0, 0.1) is 11.3 Å². The van der Waals surface area contributed by atoms with Gasteiger partial charge in [-0.3, -0.25) is 0 Å². The van der Waals surface area contributed by atoms with Gasteiger partial charge in [-0.05, 0) is 43.8 Å². The Bertz CT molecular complexity index is 153. The van der Waals surface area contributed by atoms with Gasteiger partial charge in [0.05, 0.1) is 0 Å². The zero-order valence-electron chi connectivity index (χ0n) is 11.3. The molecule has 2 N–H and O–H groups in total. The molecule has 0 aromatic heterocycles. The molecule has 92 valence electrons. The molecular weight excluding hydrogens is 184 g/mol. The van der Waals surface area contributed by atoms with Crippen molar-refractivity contribution >= 4 is 0 Å². The Morgan fingerprint density at radius 2 is 1.80 bits per heavy atom. The van der Waals surface area contributed by atoms with Crippen molar-refractivity contribution in [3.8, 4) is 0 Å². The molecule has 0 bridgehead atoms. The van der Waals surface area contributed by atoms with Gasteiger partial charge in [-0.25, -0.2) is 0 Å². The van der Waals surface area contributed by atoms with Crippen LogP contribution in [0.5, 0.6) is 0 Å². The van der Waals surface area contributed by atoms with Crippen molar-refractivity contribution in [3.05, 3.63) is 0 Å². The van der Waals surface area contributed by atoms with Crippen LogP contribution in [0.2, 0.25) is 0 Å². The molecule has 0 heterocycles. The summed E-state index contributed by atoms with van der Waals surface area (Å²) in [5, 5.41) is 0. The van der Waals surface area contributed by atoms with Gasteiger partial charge in [0.25, 0.3) is 0 Å². The van der Waals surface area contributed by atoms with Gasteiger partial charge in [0.2, 0.25) is 0 Å². The van der Waals surface area contributed by atoms with Crippen molar-refractivity contribution in [1.82, 2.24) is 4.90 Å². The zero-order valence-corrected chi connectivity index (χ0v) is 11.3. The van der Waals surface area contributed by atoms with Gasteiger partial charge in [-0.2, -0.15) is 0 Å². The van der Waals surface area contributed by atoms with Crippen LogP contribution < -0.4 is 5.73 Å². The average Bonchev–Trinajstić information content (AvgIpc) is 2.14. The lowest BCUT2D eigenvalue weighted by molar-refractivity contribution is 0.175. The summed E-state index contributed by atoms with van der Waals surface area (Å²) in [5.74, 6) is 0.797. The van der Waals surface area contributed by atoms with Crippen LogP contribution in [0.3, 0.4) is 0 Å². The smallest absolute Gasteiger partial charge is 0.00447 e. The van der Waals surface area contributed by atoms with Crippen LogP contribution in [0.4, 0.5) is 0 Å². The quantitative estimate of drug-likeness (QED) is 0.673. The molecule has 0 unspecified atom stereocenters. The Morgan fingerprint density at radius 1 is 1.20 bits per heavy atom. The number of nitrogens with zero attached hydrogens (tertiary/aromatic N) is 1. The Balaban J connectivity index is 4.03. The normalized spacial score (nSPS) is 12.8. The number of hydrogen-bond acceptors (Lipinski definition) is 2. The molecule has 0 rings (SSSR count). The van der Waals surface area contributed by atoms with Gasteiger partial charge in [-0.1, -0.05) is 34.6 Å². The topological polar surface area (TPSA) is 29.3 Å². The van der Waals surface area contributed by atoms with Crippen LogP contribution >= 0.6 is 0 Å². The van der Waals surface area contributed by atoms with E-state index in [1.807, 2.05) is 0 Å². The SMILES string of the molecule is CCCN(CCC(C)C)CC(C)(C)CN. The third-order valence-corrected chi connectivity index (χ3v) is 2.77. The lowest BCUT2D eigenvalue weighted by atomic mass is 9.92. The van der Waals surface area contributed by atoms with Crippen LogP contribution in [-0.4, -0.2) is 31.1 Å². The van der Waals surface area contributed by atoms with E-state index >= 15 is 0 Å². The second kappa shape index (κ2) is 7.24. The number of nitrogens with two attached hydrogens (primary N) is 1. The lowest BCUT2D eigenvalue weighted by Crippen LogP contribution is -2.39. The molecule has 0 saturated heterocycles. The first-order chi connectivity index (χ1) is 6.91. The molecule has 0 aliphatic rings. The predicted octanol–water partition coefficient (Wildman–Crippen LogP) is 2.73. The predicted molar refractivity (Wildman–Crippen MR) is 69.0 cm³/mol. The van der Waals surface area contributed by atoms with E-state index in [4.69, 9.17) is 5.73 Å². The molecule has 0 spiro atoms. The van der Waals surface area contributed by atoms with E-state index in [9.17, 15) is 0 Å². The second-order valence-corrected chi connectivity index (χ2v) is 5.83. The third kappa shape index (κ3) is 7.80. The molecule has 0 radical (unpaired) electrons. The largest absolute Gasteiger partial charge is 0.330 e. The zero-order chi connectivity index (χ0) is 11.9. The maximum atomic E-state index is 5.78. The fourth-order valence-electron chi connectivity index (χ4n) is 1.70. The van der Waals surface area contributed by atoms with Crippen LogP contribution in [0.25, 0.3) is 0 Å². The number of hydrogen-bond donors (Lipinski definition) is 1. The molecule has 0 aliphatic heterocycles. The van der Waals surface area contributed by atoms with E-state index in [0.29, 0.717) is 0 Å². The Kier molecular flexibility index (Phi) is 7.20. The van der Waals surface area contributed by atoms with Crippen molar-refractivity contribution < 1.29 is 0 Å². The van der Waals surface area contributed by atoms with E-state index in [0.717, 1.165) is 19.0 Å². The van der Waals surface area contributed by atoms with Gasteiger partial charge in [0.1, 0.15) is 0 Å². The summed E-state index contributed by atoms with van der Waals surface area (Å²) in [6, 6.07) is 0. The fraction of sp³-hybridized carbons (Fsp3) is 1.00. The highest BCUT2D eigenvalue weighted by Gasteiger charge is 2.19. The maximum absolute atomic E-state index is 5.78. The maximum Gasteiger partial charge on any atom is 0.00447 e. The Labute approximate surface area is 96.2 Å². The summed E-state index contributed by atoms with van der Waals surface area (Å²) >= 11 is 0. The van der Waals surface area contributed by atoms with Crippen molar-refractivity contribution in [2.45, 2.75) is 47.5 Å². The van der Waals surface area contributed by atoms with Gasteiger partial charge in [0.15, 0.2) is 0 Å². The standard InChI is InChI=1S/C13H30N2/c1-6-8-15(9-7-12(2)3)11-13(4,5)10-14/h12H,6-11,14H2,1-5H3. The molecule has 0 saturated carbocycles. The fourth-order valence-corrected chi connectivity index (χ4v) is 1.70. The van der Waals surface area contributed by atoms with Crippen LogP contribution in [-0.2, 0) is 0 Å². The third-order valence-electron chi connectivity index (χ3n) is 2.77. The molecule has 2 nitrogen and oxygen atoms in total. The number of rotatable bonds is 8. The molecule has 2 heteroatoms. The second-order valence-electron chi connectivity index (χ2n) is 5.83. The molecule has 0 aromatic rings. The van der Waals surface area contributed by atoms with Crippen molar-refractivity contribution in [2.24, 2.45) is 17.1 Å². The van der Waals surface area contributed by atoms with Gasteiger partial charge < -0.3 is 10.6 Å². The van der Waals surface area contributed by atoms with Crippen LogP contribution in [0.1, 0.15) is 47.5 Å². The van der Waals surface area contributed by atoms with Crippen molar-refractivity contribution in [1.29, 1.82) is 0 Å². The summed E-state index contributed by atoms with van der Waals surface area (Å²) in [7, 11) is 0. The van der Waals surface area contributed by atoms with E-state index in [1.54, 1.807) is 0 Å². The summed E-state index contributed by atoms with van der Waals surface area (Å²) in [5.41, 5.74) is 6.04. The molecule has 15 heavy (non-hydrogen) atoms. The Morgan fingerprint density at radius 3 is 2.20 bits per heavy atom. The average molecular weight is 214 g/mol. The summed E-state index contributed by atoms with van der Waals surface area (Å²) in [4.78, 5) is 2.56. The Hall–Kier alpha value is -0.0800. The first kappa shape index (κ1) is 14.9. The highest BCUT2D eigenvalue weighted by Crippen LogP contribution is 2.16. The molecular formula is C13H30N2. The molecule has 0 fully saturated rings. The summed E-state index contributed by atoms with van der Waals surface area (Å²) in [6.45, 7) is 15.7. The van der Waals surface area contributed by atoms with Crippen molar-refractivity contribution in [3.63, 3.8) is 0 Å². The van der Waals surface area contributed by atoms with Crippen LogP contribution in [0.15, 0.2) is 0 Å². The van der Waals surface area contributed by atoms with E-state index in [2.05, 4.69) is 39.5 Å². The summed E-state index contributed by atoms with van der Waals surface area (Å²) in [6.07, 6.45) is 2.53. The summed E-state index contributed by atoms with van der Waals surface area (Å²) < 4.78 is 0. The highest BCUT2D eigenvalue weighted by molar-refractivity contribution is 4.74. The lowest BCUT2D eigenvalue weighted by Gasteiger charge is -2.32. The van der Waals surface area contributed by atoms with E-state index in [1.165, 1.54) is 25.9 Å². The molecule has 0 atom stereocenters. The monoisotopic (exact) mass is 214 g/mol. The highest BCUT2D eigenvalue weighted by atomic mass is 15.1. The van der Waals surface area contributed by atoms with Gasteiger partial charge in [-0.15, -0.1) is 0 Å². The minimum atomic E-state index is 0.256. The first-order valence-corrected chi connectivity index (χ1v) is 6.33. The van der Waals surface area contributed by atoms with Gasteiger partial charge in [0, 0.05) is 6.54 Å². The van der Waals surface area contributed by atoms with Crippen molar-refractivity contribution in [2.75, 3.05) is 26.2 Å². The minimum absolute atomic E-state index is 0.256. The van der Waals surface area contributed by atoms with Gasteiger partial charge >= 0.3 is 0 Å². The van der Waals surface area contributed by atoms with E-state index in [-0.39, 0.29) is 5.41 Å².